The van der Waals surface area contributed by atoms with Gasteiger partial charge in [-0.3, -0.25) is 14.9 Å². The van der Waals surface area contributed by atoms with E-state index in [1.165, 1.54) is 16.3 Å². The van der Waals surface area contributed by atoms with Crippen molar-refractivity contribution >= 4 is 39.7 Å². The van der Waals surface area contributed by atoms with Crippen LogP contribution in [-0.2, 0) is 16.0 Å². The van der Waals surface area contributed by atoms with Crippen LogP contribution in [0.4, 0.5) is 10.8 Å². The Morgan fingerprint density at radius 3 is 2.89 bits per heavy atom. The Labute approximate surface area is 162 Å². The Balaban J connectivity index is 1.69. The Morgan fingerprint density at radius 1 is 1.26 bits per heavy atom. The van der Waals surface area contributed by atoms with Gasteiger partial charge in [-0.05, 0) is 31.0 Å². The van der Waals surface area contributed by atoms with Crippen LogP contribution in [-0.4, -0.2) is 27.7 Å². The van der Waals surface area contributed by atoms with E-state index in [1.807, 2.05) is 31.2 Å². The number of amides is 2. The number of unbranched alkanes of at least 4 members (excludes halogenated alkanes) is 2. The molecular weight excluding hydrogens is 362 g/mol. The van der Waals surface area contributed by atoms with Crippen molar-refractivity contribution in [1.82, 2.24) is 10.2 Å². The Bertz CT molecular complexity index is 861. The van der Waals surface area contributed by atoms with Crippen molar-refractivity contribution in [3.05, 3.63) is 34.8 Å². The first kappa shape index (κ1) is 19.2. The third-order valence-corrected chi connectivity index (χ3v) is 5.12. The fourth-order valence-corrected chi connectivity index (χ4v) is 3.56. The topological polar surface area (TPSA) is 87.6 Å². The van der Waals surface area contributed by atoms with Crippen molar-refractivity contribution in [3.63, 3.8) is 0 Å². The average molecular weight is 385 g/mol. The maximum atomic E-state index is 12.5. The van der Waals surface area contributed by atoms with Gasteiger partial charge in [-0.15, -0.1) is 10.2 Å². The van der Waals surface area contributed by atoms with Gasteiger partial charge < -0.3 is 0 Å². The second-order valence-electron chi connectivity index (χ2n) is 6.50. The molecule has 1 aliphatic heterocycles. The highest BCUT2D eigenvalue weighted by Gasteiger charge is 2.26. The highest BCUT2D eigenvalue weighted by Crippen LogP contribution is 2.22. The van der Waals surface area contributed by atoms with Gasteiger partial charge in [0.05, 0.1) is 5.69 Å². The van der Waals surface area contributed by atoms with Crippen molar-refractivity contribution in [2.45, 2.75) is 52.4 Å². The van der Waals surface area contributed by atoms with E-state index in [2.05, 4.69) is 27.5 Å². The average Bonchev–Trinajstić information content (AvgIpc) is 3.09. The van der Waals surface area contributed by atoms with Crippen LogP contribution in [0, 0.1) is 6.92 Å². The smallest absolute Gasteiger partial charge is 0.273 e. The molecule has 1 aliphatic rings. The van der Waals surface area contributed by atoms with Crippen molar-refractivity contribution < 1.29 is 9.59 Å². The summed E-state index contributed by atoms with van der Waals surface area (Å²) >= 11 is 1.39. The van der Waals surface area contributed by atoms with E-state index in [4.69, 9.17) is 0 Å². The number of hydrogen-bond donors (Lipinski definition) is 1. The molecule has 1 aromatic heterocycles. The molecule has 0 spiro atoms. The lowest BCUT2D eigenvalue weighted by molar-refractivity contribution is -0.118. The minimum Gasteiger partial charge on any atom is -0.295 e. The molecule has 0 saturated carbocycles. The number of nitrogens with zero attached hydrogens (tertiary/aromatic N) is 4. The van der Waals surface area contributed by atoms with Crippen LogP contribution in [0.5, 0.6) is 0 Å². The first-order valence-electron chi connectivity index (χ1n) is 9.17. The fraction of sp³-hybridized carbons (Fsp3) is 0.421. The third kappa shape index (κ3) is 4.97. The Kier molecular flexibility index (Phi) is 6.28. The maximum absolute atomic E-state index is 12.5. The number of carbonyl (C=O) groups excluding carboxylic acids is 2. The second kappa shape index (κ2) is 8.85. The molecule has 142 valence electrons. The molecule has 0 radical (unpaired) electrons. The van der Waals surface area contributed by atoms with Crippen LogP contribution in [0.15, 0.2) is 29.4 Å². The van der Waals surface area contributed by atoms with E-state index in [0.717, 1.165) is 36.3 Å². The zero-order valence-corrected chi connectivity index (χ0v) is 16.4. The van der Waals surface area contributed by atoms with Crippen molar-refractivity contribution in [1.29, 1.82) is 0 Å². The summed E-state index contributed by atoms with van der Waals surface area (Å²) in [6.45, 7) is 4.10. The summed E-state index contributed by atoms with van der Waals surface area (Å²) in [5, 5.41) is 17.9. The van der Waals surface area contributed by atoms with Gasteiger partial charge in [-0.1, -0.05) is 43.2 Å². The van der Waals surface area contributed by atoms with Gasteiger partial charge in [0.2, 0.25) is 11.0 Å². The molecule has 7 nitrogen and oxygen atoms in total. The number of carbonyl (C=O) groups is 2. The summed E-state index contributed by atoms with van der Waals surface area (Å²) < 4.78 is 0. The number of rotatable bonds is 7. The summed E-state index contributed by atoms with van der Waals surface area (Å²) in [6.07, 6.45) is 4.81. The molecule has 3 rings (SSSR count). The van der Waals surface area contributed by atoms with E-state index in [0.29, 0.717) is 23.0 Å². The van der Waals surface area contributed by atoms with Gasteiger partial charge in [0.25, 0.3) is 5.91 Å². The van der Waals surface area contributed by atoms with Crippen molar-refractivity contribution in [2.24, 2.45) is 5.10 Å². The van der Waals surface area contributed by atoms with Gasteiger partial charge in [0.15, 0.2) is 0 Å². The molecule has 2 heterocycles. The standard InChI is InChI=1S/C19H23N5O2S/c1-3-4-5-9-16-21-22-19(27-16)20-18(26)15-10-11-17(25)24(23-15)14-8-6-7-13(2)12-14/h6-8,12H,3-5,9-11H2,1-2H3,(H,20,22,26). The number of benzene rings is 1. The summed E-state index contributed by atoms with van der Waals surface area (Å²) in [5.74, 6) is -0.456. The third-order valence-electron chi connectivity index (χ3n) is 4.22. The van der Waals surface area contributed by atoms with Gasteiger partial charge in [-0.25, -0.2) is 5.01 Å². The molecule has 2 amide bonds. The maximum Gasteiger partial charge on any atom is 0.273 e. The van der Waals surface area contributed by atoms with E-state index in [1.54, 1.807) is 0 Å². The predicted molar refractivity (Wildman–Crippen MR) is 107 cm³/mol. The molecule has 0 aliphatic carbocycles. The normalized spacial score (nSPS) is 14.2. The van der Waals surface area contributed by atoms with Gasteiger partial charge >= 0.3 is 0 Å². The van der Waals surface area contributed by atoms with E-state index in [9.17, 15) is 9.59 Å². The molecule has 1 N–H and O–H groups in total. The summed E-state index contributed by atoms with van der Waals surface area (Å²) in [6, 6.07) is 7.49. The number of aromatic nitrogens is 2. The minimum absolute atomic E-state index is 0.119. The summed E-state index contributed by atoms with van der Waals surface area (Å²) in [4.78, 5) is 24.8. The lowest BCUT2D eigenvalue weighted by atomic mass is 10.1. The molecule has 0 fully saturated rings. The van der Waals surface area contributed by atoms with E-state index in [-0.39, 0.29) is 18.2 Å². The second-order valence-corrected chi connectivity index (χ2v) is 7.57. The molecule has 0 atom stereocenters. The predicted octanol–water partition coefficient (Wildman–Crippen LogP) is 3.70. The number of anilines is 2. The van der Waals surface area contributed by atoms with Gasteiger partial charge in [0.1, 0.15) is 10.7 Å². The molecule has 1 aromatic carbocycles. The molecule has 27 heavy (non-hydrogen) atoms. The number of aryl methyl sites for hydroxylation is 2. The van der Waals surface area contributed by atoms with Crippen LogP contribution in [0.25, 0.3) is 0 Å². The van der Waals surface area contributed by atoms with Gasteiger partial charge in [-0.2, -0.15) is 5.10 Å². The van der Waals surface area contributed by atoms with E-state index >= 15 is 0 Å². The highest BCUT2D eigenvalue weighted by atomic mass is 32.1. The van der Waals surface area contributed by atoms with E-state index < -0.39 is 0 Å². The summed E-state index contributed by atoms with van der Waals surface area (Å²) in [5.41, 5.74) is 2.01. The summed E-state index contributed by atoms with van der Waals surface area (Å²) in [7, 11) is 0. The quantitative estimate of drug-likeness (QED) is 0.736. The lowest BCUT2D eigenvalue weighted by Gasteiger charge is -2.23. The number of hydrazone groups is 1. The minimum atomic E-state index is -0.337. The molecule has 8 heteroatoms. The van der Waals surface area contributed by atoms with Crippen molar-refractivity contribution in [3.8, 4) is 0 Å². The van der Waals surface area contributed by atoms with Crippen LogP contribution < -0.4 is 10.3 Å². The first-order chi connectivity index (χ1) is 13.1. The van der Waals surface area contributed by atoms with Crippen LogP contribution in [0.1, 0.15) is 49.6 Å². The van der Waals surface area contributed by atoms with Crippen LogP contribution >= 0.6 is 11.3 Å². The number of hydrogen-bond acceptors (Lipinski definition) is 6. The first-order valence-corrected chi connectivity index (χ1v) is 9.99. The zero-order valence-electron chi connectivity index (χ0n) is 15.6. The van der Waals surface area contributed by atoms with Crippen LogP contribution in [0.3, 0.4) is 0 Å². The SMILES string of the molecule is CCCCCc1nnc(NC(=O)C2=NN(c3cccc(C)c3)C(=O)CC2)s1. The lowest BCUT2D eigenvalue weighted by Crippen LogP contribution is -2.36. The monoisotopic (exact) mass is 385 g/mol. The molecule has 2 aromatic rings. The van der Waals surface area contributed by atoms with Crippen molar-refractivity contribution in [2.75, 3.05) is 10.3 Å². The highest BCUT2D eigenvalue weighted by molar-refractivity contribution is 7.15. The largest absolute Gasteiger partial charge is 0.295 e. The molecule has 0 saturated heterocycles. The van der Waals surface area contributed by atoms with Crippen LogP contribution in [0.2, 0.25) is 0 Å². The van der Waals surface area contributed by atoms with Gasteiger partial charge in [0, 0.05) is 19.3 Å². The Morgan fingerprint density at radius 2 is 2.11 bits per heavy atom. The molecular formula is C19H23N5O2S. The zero-order chi connectivity index (χ0) is 19.2. The Hall–Kier alpha value is -2.61. The fourth-order valence-electron chi connectivity index (χ4n) is 2.78. The number of nitrogens with one attached hydrogen (secondary N) is 1. The molecule has 0 bridgehead atoms. The molecule has 0 unspecified atom stereocenters.